The molecular weight excluding hydrogens is 810 g/mol. The Morgan fingerprint density at radius 3 is 1.64 bits per heavy atom. The number of pyridine rings is 2. The highest BCUT2D eigenvalue weighted by atomic mass is 19.4. The average molecular weight is 853 g/mol. The van der Waals surface area contributed by atoms with Crippen LogP contribution in [-0.4, -0.2) is 81.6 Å². The van der Waals surface area contributed by atoms with Crippen molar-refractivity contribution in [3.05, 3.63) is 107 Å². The molecule has 4 aromatic heterocycles. The van der Waals surface area contributed by atoms with Gasteiger partial charge in [0.15, 0.2) is 0 Å². The van der Waals surface area contributed by atoms with Crippen LogP contribution in [0.2, 0.25) is 0 Å². The van der Waals surface area contributed by atoms with Crippen LogP contribution in [0.4, 0.5) is 30.7 Å². The molecule has 2 aromatic carbocycles. The number of methoxy groups -OCH3 is 1. The molecule has 322 valence electrons. The molecule has 17 heteroatoms. The van der Waals surface area contributed by atoms with Crippen LogP contribution in [0.3, 0.4) is 0 Å². The lowest BCUT2D eigenvalue weighted by atomic mass is 10.1. The maximum Gasteiger partial charge on any atom is 0.419 e. The topological polar surface area (TPSA) is 98.3 Å². The summed E-state index contributed by atoms with van der Waals surface area (Å²) in [5, 5.41) is 0. The van der Waals surface area contributed by atoms with Gasteiger partial charge in [0.2, 0.25) is 0 Å². The van der Waals surface area contributed by atoms with E-state index in [0.29, 0.717) is 61.1 Å². The summed E-state index contributed by atoms with van der Waals surface area (Å²) in [7, 11) is 1.19. The van der Waals surface area contributed by atoms with Gasteiger partial charge in [0, 0.05) is 70.3 Å². The van der Waals surface area contributed by atoms with Gasteiger partial charge in [-0.1, -0.05) is 6.07 Å². The van der Waals surface area contributed by atoms with E-state index in [9.17, 15) is 30.7 Å². The number of aryl methyl sites for hydroxylation is 3. The molecule has 0 amide bonds. The van der Waals surface area contributed by atoms with Crippen molar-refractivity contribution < 1.29 is 49.7 Å². The van der Waals surface area contributed by atoms with Crippen LogP contribution >= 0.6 is 0 Å². The van der Waals surface area contributed by atoms with Crippen LogP contribution in [-0.2, 0) is 41.6 Å². The molecule has 2 unspecified atom stereocenters. The third kappa shape index (κ3) is 9.57. The molecule has 0 N–H and O–H groups in total. The first-order valence-electron chi connectivity index (χ1n) is 19.5. The molecule has 0 saturated heterocycles. The first-order valence-corrected chi connectivity index (χ1v) is 19.5. The Labute approximate surface area is 347 Å². The minimum Gasteiger partial charge on any atom is -0.496 e. The molecule has 0 bridgehead atoms. The Balaban J connectivity index is 0.000000184. The monoisotopic (exact) mass is 852 g/mol. The molecule has 2 aliphatic rings. The SMILES string of the molecule is COc1cc(-c2nc(-c3ccnc(C)c3)c3n2CC(CF)OCC3)ccc1C(F)(F)F.Cc1cc(-c2nc(-c3ccc(OC(F)F)c(C)c3)n3c2CCOC(CF)C3)ccn1. The molecule has 8 rings (SSSR count). The predicted molar refractivity (Wildman–Crippen MR) is 213 cm³/mol. The second kappa shape index (κ2) is 18.4. The number of fused-ring (bicyclic) bond motifs is 2. The standard InChI is InChI=1S/C22H21F4N3O2.C22H22F3N3O2/c1-13-9-14(5-7-27-13)20-18-6-8-31-16(11-23)12-29(18)21(28-20)15-3-4-17(22(24,25)26)19(10-15)30-2;1-13-9-16(3-4-19(13)30-22(24)25)21-27-20(15-5-7-26-14(2)10-15)18-6-8-29-17(11-23)12-28(18)21/h3-5,7,9-10,16H,6,8,11-12H2,1-2H3;3-5,7,9-10,17,22H,6,8,11-12H2,1-2H3. The Bertz CT molecular complexity index is 2490. The van der Waals surface area contributed by atoms with Crippen LogP contribution in [0.25, 0.3) is 45.3 Å². The lowest BCUT2D eigenvalue weighted by Gasteiger charge is -2.16. The summed E-state index contributed by atoms with van der Waals surface area (Å²) in [6.07, 6.45) is -1.26. The van der Waals surface area contributed by atoms with E-state index in [1.165, 1.54) is 25.3 Å². The van der Waals surface area contributed by atoms with Crippen molar-refractivity contribution in [3.8, 4) is 56.8 Å². The van der Waals surface area contributed by atoms with E-state index in [1.807, 2.05) is 47.2 Å². The molecule has 0 saturated carbocycles. The van der Waals surface area contributed by atoms with Crippen LogP contribution in [0.15, 0.2) is 73.1 Å². The molecule has 0 aliphatic carbocycles. The number of ether oxygens (including phenoxy) is 4. The van der Waals surface area contributed by atoms with Crippen molar-refractivity contribution in [2.45, 2.75) is 71.7 Å². The highest BCUT2D eigenvalue weighted by Crippen LogP contribution is 2.40. The van der Waals surface area contributed by atoms with E-state index in [-0.39, 0.29) is 18.0 Å². The van der Waals surface area contributed by atoms with E-state index in [2.05, 4.69) is 14.7 Å². The van der Waals surface area contributed by atoms with Crippen LogP contribution in [0.5, 0.6) is 11.5 Å². The van der Waals surface area contributed by atoms with Gasteiger partial charge >= 0.3 is 12.8 Å². The molecule has 6 aromatic rings. The minimum atomic E-state index is -4.54. The Morgan fingerprint density at radius 1 is 0.689 bits per heavy atom. The normalized spacial score (nSPS) is 16.5. The summed E-state index contributed by atoms with van der Waals surface area (Å²) in [6.45, 7) is 2.58. The van der Waals surface area contributed by atoms with Crippen LogP contribution in [0, 0.1) is 20.8 Å². The van der Waals surface area contributed by atoms with Gasteiger partial charge in [-0.3, -0.25) is 9.97 Å². The third-order valence-corrected chi connectivity index (χ3v) is 10.4. The first-order chi connectivity index (χ1) is 29.3. The summed E-state index contributed by atoms with van der Waals surface area (Å²) in [6, 6.07) is 16.2. The second-order valence-electron chi connectivity index (χ2n) is 14.6. The van der Waals surface area contributed by atoms with Gasteiger partial charge in [-0.05, 0) is 80.9 Å². The molecular formula is C44H43F7N6O4. The molecule has 0 spiro atoms. The van der Waals surface area contributed by atoms with E-state index in [0.717, 1.165) is 51.2 Å². The number of benzene rings is 2. The summed E-state index contributed by atoms with van der Waals surface area (Å²) < 4.78 is 117. The molecule has 10 nitrogen and oxygen atoms in total. The van der Waals surface area contributed by atoms with Crippen molar-refractivity contribution in [2.75, 3.05) is 33.7 Å². The fourth-order valence-electron chi connectivity index (χ4n) is 7.59. The zero-order valence-electron chi connectivity index (χ0n) is 33.8. The number of halogens is 7. The summed E-state index contributed by atoms with van der Waals surface area (Å²) in [4.78, 5) is 18.1. The zero-order valence-corrected chi connectivity index (χ0v) is 33.8. The third-order valence-electron chi connectivity index (χ3n) is 10.4. The summed E-state index contributed by atoms with van der Waals surface area (Å²) >= 11 is 0. The maximum atomic E-state index is 13.5. The highest BCUT2D eigenvalue weighted by Gasteiger charge is 2.35. The highest BCUT2D eigenvalue weighted by molar-refractivity contribution is 5.71. The number of hydrogen-bond donors (Lipinski definition) is 0. The Morgan fingerprint density at radius 2 is 1.20 bits per heavy atom. The van der Waals surface area contributed by atoms with Gasteiger partial charge in [-0.2, -0.15) is 22.0 Å². The fourth-order valence-corrected chi connectivity index (χ4v) is 7.59. The smallest absolute Gasteiger partial charge is 0.419 e. The lowest BCUT2D eigenvalue weighted by molar-refractivity contribution is -0.138. The predicted octanol–water partition coefficient (Wildman–Crippen LogP) is 9.60. The molecule has 6 heterocycles. The average Bonchev–Trinajstić information content (AvgIpc) is 3.58. The number of nitrogens with zero attached hydrogens (tertiary/aromatic N) is 6. The van der Waals surface area contributed by atoms with Gasteiger partial charge in [-0.25, -0.2) is 18.7 Å². The first kappa shape index (κ1) is 43.3. The van der Waals surface area contributed by atoms with Crippen molar-refractivity contribution in [2.24, 2.45) is 0 Å². The molecule has 0 fully saturated rings. The Kier molecular flexibility index (Phi) is 13.1. The van der Waals surface area contributed by atoms with E-state index in [4.69, 9.17) is 24.2 Å². The summed E-state index contributed by atoms with van der Waals surface area (Å²) in [5.74, 6) is 0.905. The van der Waals surface area contributed by atoms with E-state index in [1.54, 1.807) is 31.5 Å². The maximum absolute atomic E-state index is 13.5. The van der Waals surface area contributed by atoms with Gasteiger partial charge in [0.25, 0.3) is 0 Å². The van der Waals surface area contributed by atoms with Gasteiger partial charge < -0.3 is 28.1 Å². The van der Waals surface area contributed by atoms with Crippen molar-refractivity contribution in [1.29, 1.82) is 0 Å². The van der Waals surface area contributed by atoms with E-state index >= 15 is 0 Å². The number of imidazole rings is 2. The molecule has 61 heavy (non-hydrogen) atoms. The van der Waals surface area contributed by atoms with Gasteiger partial charge in [-0.15, -0.1) is 0 Å². The van der Waals surface area contributed by atoms with E-state index < -0.39 is 43.9 Å². The number of alkyl halides is 7. The molecule has 2 atom stereocenters. The quantitative estimate of drug-likeness (QED) is 0.133. The largest absolute Gasteiger partial charge is 0.496 e. The molecule has 2 aliphatic heterocycles. The zero-order chi connectivity index (χ0) is 43.4. The van der Waals surface area contributed by atoms with Crippen molar-refractivity contribution in [1.82, 2.24) is 29.1 Å². The summed E-state index contributed by atoms with van der Waals surface area (Å²) in [5.41, 5.74) is 7.60. The lowest BCUT2D eigenvalue weighted by Crippen LogP contribution is -2.21. The van der Waals surface area contributed by atoms with Gasteiger partial charge in [0.05, 0.1) is 50.4 Å². The second-order valence-corrected chi connectivity index (χ2v) is 14.6. The Hall–Kier alpha value is -5.81. The van der Waals surface area contributed by atoms with Crippen molar-refractivity contribution >= 4 is 0 Å². The fraction of sp³-hybridized carbons (Fsp3) is 0.364. The van der Waals surface area contributed by atoms with Gasteiger partial charge in [0.1, 0.15) is 48.7 Å². The number of aromatic nitrogens is 6. The van der Waals surface area contributed by atoms with Crippen molar-refractivity contribution in [3.63, 3.8) is 0 Å². The number of rotatable bonds is 9. The van der Waals surface area contributed by atoms with Crippen LogP contribution in [0.1, 0.15) is 33.9 Å². The van der Waals surface area contributed by atoms with Crippen LogP contribution < -0.4 is 9.47 Å². The molecule has 0 radical (unpaired) electrons. The number of hydrogen-bond acceptors (Lipinski definition) is 8. The minimum absolute atomic E-state index is 0.117.